The fourth-order valence-electron chi connectivity index (χ4n) is 1.57. The van der Waals surface area contributed by atoms with Crippen LogP contribution in [0.5, 0.6) is 0 Å². The van der Waals surface area contributed by atoms with E-state index in [9.17, 15) is 0 Å². The average molecular weight is 195 g/mol. The maximum Gasteiger partial charge on any atom is 0.0624 e. The Balaban J connectivity index is 2.89. The van der Waals surface area contributed by atoms with Gasteiger partial charge >= 0.3 is 0 Å². The van der Waals surface area contributed by atoms with Crippen molar-refractivity contribution in [1.82, 2.24) is 9.78 Å². The van der Waals surface area contributed by atoms with E-state index in [4.69, 9.17) is 5.73 Å². The Morgan fingerprint density at radius 1 is 1.43 bits per heavy atom. The summed E-state index contributed by atoms with van der Waals surface area (Å²) in [6, 6.07) is 2.16. The quantitative estimate of drug-likeness (QED) is 0.795. The lowest BCUT2D eigenvalue weighted by molar-refractivity contribution is 0.484. The maximum atomic E-state index is 6.00. The summed E-state index contributed by atoms with van der Waals surface area (Å²) < 4.78 is 2.05. The fraction of sp³-hybridized carbons (Fsp3) is 0.727. The molecule has 1 aromatic heterocycles. The third-order valence-corrected chi connectivity index (χ3v) is 2.21. The number of rotatable bonds is 4. The fourth-order valence-corrected chi connectivity index (χ4v) is 1.57. The number of aryl methyl sites for hydroxylation is 2. The lowest BCUT2D eigenvalue weighted by Gasteiger charge is -2.18. The summed E-state index contributed by atoms with van der Waals surface area (Å²) in [7, 11) is 0. The van der Waals surface area contributed by atoms with Crippen molar-refractivity contribution in [1.29, 1.82) is 0 Å². The third kappa shape index (κ3) is 2.84. The van der Waals surface area contributed by atoms with Crippen LogP contribution < -0.4 is 5.73 Å². The monoisotopic (exact) mass is 195 g/mol. The molecule has 0 atom stereocenters. The van der Waals surface area contributed by atoms with Crippen molar-refractivity contribution in [3.05, 3.63) is 17.5 Å². The predicted molar refractivity (Wildman–Crippen MR) is 59.2 cm³/mol. The van der Waals surface area contributed by atoms with E-state index in [1.807, 2.05) is 18.5 Å². The van der Waals surface area contributed by atoms with Crippen LogP contribution in [0.1, 0.15) is 39.1 Å². The van der Waals surface area contributed by atoms with Crippen LogP contribution in [0.15, 0.2) is 6.07 Å². The predicted octanol–water partition coefficient (Wildman–Crippen LogP) is 1.75. The van der Waals surface area contributed by atoms with E-state index >= 15 is 0 Å². The van der Waals surface area contributed by atoms with Crippen LogP contribution in [-0.2, 0) is 19.4 Å². The summed E-state index contributed by atoms with van der Waals surface area (Å²) in [5.74, 6) is 0. The van der Waals surface area contributed by atoms with Gasteiger partial charge in [-0.2, -0.15) is 5.10 Å². The molecular weight excluding hydrogens is 174 g/mol. The van der Waals surface area contributed by atoms with E-state index in [2.05, 4.69) is 25.0 Å². The van der Waals surface area contributed by atoms with Crippen molar-refractivity contribution < 1.29 is 0 Å². The molecule has 1 aromatic rings. The van der Waals surface area contributed by atoms with Crippen LogP contribution >= 0.6 is 0 Å². The molecule has 3 nitrogen and oxygen atoms in total. The highest BCUT2D eigenvalue weighted by Crippen LogP contribution is 2.12. The molecule has 0 spiro atoms. The lowest BCUT2D eigenvalue weighted by atomic mass is 10.00. The van der Waals surface area contributed by atoms with Crippen LogP contribution in [0.2, 0.25) is 0 Å². The zero-order chi connectivity index (χ0) is 10.8. The minimum absolute atomic E-state index is 0.155. The number of aromatic nitrogens is 2. The van der Waals surface area contributed by atoms with Gasteiger partial charge < -0.3 is 5.73 Å². The molecule has 80 valence electrons. The Morgan fingerprint density at radius 2 is 2.07 bits per heavy atom. The van der Waals surface area contributed by atoms with Gasteiger partial charge in [0.05, 0.1) is 5.69 Å². The van der Waals surface area contributed by atoms with E-state index in [-0.39, 0.29) is 5.54 Å². The van der Waals surface area contributed by atoms with Crippen LogP contribution in [0, 0.1) is 0 Å². The highest BCUT2D eigenvalue weighted by Gasteiger charge is 2.15. The average Bonchev–Trinajstić information content (AvgIpc) is 2.44. The highest BCUT2D eigenvalue weighted by molar-refractivity contribution is 5.13. The molecule has 0 aliphatic rings. The van der Waals surface area contributed by atoms with Gasteiger partial charge in [0.15, 0.2) is 0 Å². The highest BCUT2D eigenvalue weighted by atomic mass is 15.3. The van der Waals surface area contributed by atoms with Gasteiger partial charge in [-0.05, 0) is 33.3 Å². The minimum Gasteiger partial charge on any atom is -0.325 e. The molecule has 14 heavy (non-hydrogen) atoms. The van der Waals surface area contributed by atoms with E-state index in [0.717, 1.165) is 25.1 Å². The van der Waals surface area contributed by atoms with Gasteiger partial charge in [0.1, 0.15) is 0 Å². The summed E-state index contributed by atoms with van der Waals surface area (Å²) in [5.41, 5.74) is 8.25. The first-order valence-electron chi connectivity index (χ1n) is 5.30. The Kier molecular flexibility index (Phi) is 3.32. The molecule has 0 radical (unpaired) electrons. The Labute approximate surface area is 86.3 Å². The Hall–Kier alpha value is -0.830. The Bertz CT molecular complexity index is 294. The molecule has 0 unspecified atom stereocenters. The Morgan fingerprint density at radius 3 is 2.50 bits per heavy atom. The van der Waals surface area contributed by atoms with Crippen LogP contribution in [0.4, 0.5) is 0 Å². The van der Waals surface area contributed by atoms with E-state index < -0.39 is 0 Å². The SMILES string of the molecule is CCc1cc(CC(C)(C)N)n(CC)n1. The zero-order valence-corrected chi connectivity index (χ0v) is 9.67. The van der Waals surface area contributed by atoms with Crippen LogP contribution in [0.25, 0.3) is 0 Å². The number of nitrogens with zero attached hydrogens (tertiary/aromatic N) is 2. The van der Waals surface area contributed by atoms with Crippen molar-refractivity contribution >= 4 is 0 Å². The molecule has 1 rings (SSSR count). The van der Waals surface area contributed by atoms with Crippen LogP contribution in [-0.4, -0.2) is 15.3 Å². The molecule has 0 saturated heterocycles. The first kappa shape index (κ1) is 11.2. The van der Waals surface area contributed by atoms with Crippen molar-refractivity contribution in [3.63, 3.8) is 0 Å². The molecular formula is C11H21N3. The van der Waals surface area contributed by atoms with Gasteiger partial charge in [-0.15, -0.1) is 0 Å². The third-order valence-electron chi connectivity index (χ3n) is 2.21. The molecule has 0 fully saturated rings. The van der Waals surface area contributed by atoms with Crippen molar-refractivity contribution in [3.8, 4) is 0 Å². The van der Waals surface area contributed by atoms with Gasteiger partial charge in [0, 0.05) is 24.2 Å². The topological polar surface area (TPSA) is 43.8 Å². The molecule has 0 aliphatic heterocycles. The standard InChI is InChI=1S/C11H21N3/c1-5-9-7-10(8-11(3,4)12)14(6-2)13-9/h7H,5-6,8,12H2,1-4H3. The zero-order valence-electron chi connectivity index (χ0n) is 9.67. The minimum atomic E-state index is -0.155. The van der Waals surface area contributed by atoms with Crippen molar-refractivity contribution in [2.24, 2.45) is 5.73 Å². The summed E-state index contributed by atoms with van der Waals surface area (Å²) in [6.45, 7) is 9.25. The smallest absolute Gasteiger partial charge is 0.0624 e. The molecule has 1 heterocycles. The lowest BCUT2D eigenvalue weighted by Crippen LogP contribution is -2.35. The van der Waals surface area contributed by atoms with Gasteiger partial charge in [-0.25, -0.2) is 0 Å². The molecule has 0 amide bonds. The first-order valence-corrected chi connectivity index (χ1v) is 5.30. The second kappa shape index (κ2) is 4.13. The summed E-state index contributed by atoms with van der Waals surface area (Å²) in [5, 5.41) is 4.49. The summed E-state index contributed by atoms with van der Waals surface area (Å²) in [6.07, 6.45) is 1.87. The normalized spacial score (nSPS) is 12.1. The molecule has 0 saturated carbocycles. The molecule has 2 N–H and O–H groups in total. The van der Waals surface area contributed by atoms with Gasteiger partial charge in [-0.3, -0.25) is 4.68 Å². The second-order valence-electron chi connectivity index (χ2n) is 4.46. The van der Waals surface area contributed by atoms with Gasteiger partial charge in [-0.1, -0.05) is 6.92 Å². The molecule has 0 aromatic carbocycles. The van der Waals surface area contributed by atoms with Crippen LogP contribution in [0.3, 0.4) is 0 Å². The van der Waals surface area contributed by atoms with Gasteiger partial charge in [0.2, 0.25) is 0 Å². The largest absolute Gasteiger partial charge is 0.325 e. The van der Waals surface area contributed by atoms with E-state index in [0.29, 0.717) is 0 Å². The summed E-state index contributed by atoms with van der Waals surface area (Å²) >= 11 is 0. The molecule has 0 bridgehead atoms. The van der Waals surface area contributed by atoms with Crippen molar-refractivity contribution in [2.75, 3.05) is 0 Å². The number of nitrogens with two attached hydrogens (primary N) is 1. The number of hydrogen-bond acceptors (Lipinski definition) is 2. The second-order valence-corrected chi connectivity index (χ2v) is 4.46. The maximum absolute atomic E-state index is 6.00. The van der Waals surface area contributed by atoms with E-state index in [1.165, 1.54) is 5.69 Å². The van der Waals surface area contributed by atoms with Crippen molar-refractivity contribution in [2.45, 2.75) is 52.6 Å². The van der Waals surface area contributed by atoms with E-state index in [1.54, 1.807) is 0 Å². The first-order chi connectivity index (χ1) is 6.46. The van der Waals surface area contributed by atoms with Gasteiger partial charge in [0.25, 0.3) is 0 Å². The molecule has 0 aliphatic carbocycles. The number of hydrogen-bond donors (Lipinski definition) is 1. The summed E-state index contributed by atoms with van der Waals surface area (Å²) in [4.78, 5) is 0. The molecule has 3 heteroatoms.